The summed E-state index contributed by atoms with van der Waals surface area (Å²) in [5, 5.41) is 3.64. The van der Waals surface area contributed by atoms with Gasteiger partial charge in [0.2, 0.25) is 5.82 Å². The first-order valence-electron chi connectivity index (χ1n) is 5.45. The van der Waals surface area contributed by atoms with Gasteiger partial charge in [-0.25, -0.2) is 9.78 Å². The summed E-state index contributed by atoms with van der Waals surface area (Å²) >= 11 is 0. The third kappa shape index (κ3) is 2.82. The van der Waals surface area contributed by atoms with Gasteiger partial charge in [0.15, 0.2) is 0 Å². The van der Waals surface area contributed by atoms with Crippen molar-refractivity contribution in [2.24, 2.45) is 12.2 Å². The fourth-order valence-corrected chi connectivity index (χ4v) is 1.39. The van der Waals surface area contributed by atoms with E-state index in [1.165, 1.54) is 12.4 Å². The molecule has 0 bridgehead atoms. The minimum atomic E-state index is -0.578. The van der Waals surface area contributed by atoms with Crippen LogP contribution in [0.25, 0.3) is 0 Å². The Morgan fingerprint density at radius 3 is 2.72 bits per heavy atom. The van der Waals surface area contributed by atoms with Crippen LogP contribution in [0.2, 0.25) is 0 Å². The number of carbonyl (C=O) groups excluding carboxylic acids is 1. The highest BCUT2D eigenvalue weighted by atomic mass is 16.7. The van der Waals surface area contributed by atoms with Crippen molar-refractivity contribution in [2.45, 2.75) is 6.92 Å². The van der Waals surface area contributed by atoms with Crippen LogP contribution in [0, 0.1) is 6.92 Å². The Bertz CT molecular complexity index is 570. The first-order valence-corrected chi connectivity index (χ1v) is 5.45. The highest BCUT2D eigenvalue weighted by Gasteiger charge is 2.11. The van der Waals surface area contributed by atoms with E-state index in [0.29, 0.717) is 0 Å². The number of rotatable bonds is 3. The molecule has 0 aliphatic heterocycles. The number of imidazole rings is 1. The largest absolute Gasteiger partial charge is 0.400 e. The zero-order valence-corrected chi connectivity index (χ0v) is 10.2. The molecule has 1 aromatic heterocycles. The van der Waals surface area contributed by atoms with Gasteiger partial charge in [0, 0.05) is 19.4 Å². The van der Waals surface area contributed by atoms with Crippen molar-refractivity contribution < 1.29 is 9.63 Å². The Balaban J connectivity index is 1.98. The molecule has 0 fully saturated rings. The first-order chi connectivity index (χ1) is 8.66. The topological polar surface area (TPSA) is 56.5 Å². The summed E-state index contributed by atoms with van der Waals surface area (Å²) in [6, 6.07) is 7.71. The van der Waals surface area contributed by atoms with E-state index in [2.05, 4.69) is 10.1 Å². The standard InChI is InChI=1S/C13H13N3O2/c1-10-3-5-11(6-4-10)9-15-18-13(17)12-14-7-8-16(12)2/h3-9H,1-2H3. The molecule has 5 heteroatoms. The minimum Gasteiger partial charge on any atom is -0.328 e. The molecule has 0 saturated carbocycles. The summed E-state index contributed by atoms with van der Waals surface area (Å²) < 4.78 is 1.57. The smallest absolute Gasteiger partial charge is 0.328 e. The van der Waals surface area contributed by atoms with Gasteiger partial charge in [0.1, 0.15) is 0 Å². The van der Waals surface area contributed by atoms with E-state index in [0.717, 1.165) is 11.1 Å². The number of aryl methyl sites for hydroxylation is 2. The summed E-state index contributed by atoms with van der Waals surface area (Å²) in [7, 11) is 1.72. The molecule has 0 amide bonds. The third-order valence-electron chi connectivity index (χ3n) is 2.42. The lowest BCUT2D eigenvalue weighted by Gasteiger charge is -1.97. The average molecular weight is 243 g/mol. The number of oxime groups is 1. The molecular formula is C13H13N3O2. The summed E-state index contributed by atoms with van der Waals surface area (Å²) in [6.45, 7) is 2.00. The van der Waals surface area contributed by atoms with Crippen molar-refractivity contribution in [1.82, 2.24) is 9.55 Å². The zero-order valence-electron chi connectivity index (χ0n) is 10.2. The summed E-state index contributed by atoms with van der Waals surface area (Å²) in [4.78, 5) is 20.2. The minimum absolute atomic E-state index is 0.219. The second-order valence-corrected chi connectivity index (χ2v) is 3.89. The number of hydrogen-bond acceptors (Lipinski definition) is 4. The Morgan fingerprint density at radius 2 is 2.11 bits per heavy atom. The maximum absolute atomic E-state index is 11.6. The van der Waals surface area contributed by atoms with Crippen molar-refractivity contribution in [1.29, 1.82) is 0 Å². The molecule has 0 saturated heterocycles. The van der Waals surface area contributed by atoms with E-state index in [-0.39, 0.29) is 5.82 Å². The van der Waals surface area contributed by atoms with Crippen LogP contribution in [0.5, 0.6) is 0 Å². The van der Waals surface area contributed by atoms with Crippen LogP contribution in [0.15, 0.2) is 41.8 Å². The highest BCUT2D eigenvalue weighted by molar-refractivity contribution is 5.86. The molecule has 0 aliphatic rings. The highest BCUT2D eigenvalue weighted by Crippen LogP contribution is 2.01. The summed E-state index contributed by atoms with van der Waals surface area (Å²) in [6.07, 6.45) is 4.68. The van der Waals surface area contributed by atoms with Gasteiger partial charge in [-0.05, 0) is 12.5 Å². The van der Waals surface area contributed by atoms with E-state index in [1.54, 1.807) is 17.8 Å². The van der Waals surface area contributed by atoms with E-state index in [4.69, 9.17) is 4.84 Å². The van der Waals surface area contributed by atoms with Crippen molar-refractivity contribution in [3.05, 3.63) is 53.6 Å². The average Bonchev–Trinajstić information content (AvgIpc) is 2.78. The molecule has 0 radical (unpaired) electrons. The van der Waals surface area contributed by atoms with Crippen LogP contribution >= 0.6 is 0 Å². The molecule has 1 aromatic carbocycles. The molecule has 2 rings (SSSR count). The maximum atomic E-state index is 11.6. The molecule has 0 unspecified atom stereocenters. The normalized spacial score (nSPS) is 10.8. The van der Waals surface area contributed by atoms with E-state index < -0.39 is 5.97 Å². The second kappa shape index (κ2) is 5.27. The van der Waals surface area contributed by atoms with Gasteiger partial charge >= 0.3 is 5.97 Å². The van der Waals surface area contributed by atoms with Gasteiger partial charge in [0.05, 0.1) is 6.21 Å². The molecule has 1 heterocycles. The predicted molar refractivity (Wildman–Crippen MR) is 67.4 cm³/mol. The number of aromatic nitrogens is 2. The van der Waals surface area contributed by atoms with Gasteiger partial charge < -0.3 is 9.40 Å². The Labute approximate surface area is 105 Å². The number of benzene rings is 1. The molecule has 92 valence electrons. The number of nitrogens with zero attached hydrogens (tertiary/aromatic N) is 3. The Kier molecular flexibility index (Phi) is 3.52. The van der Waals surface area contributed by atoms with E-state index in [9.17, 15) is 4.79 Å². The van der Waals surface area contributed by atoms with Crippen LogP contribution in [0.4, 0.5) is 0 Å². The number of carbonyl (C=O) groups is 1. The lowest BCUT2D eigenvalue weighted by Crippen LogP contribution is -2.08. The van der Waals surface area contributed by atoms with Crippen LogP contribution in [0.1, 0.15) is 21.7 Å². The Morgan fingerprint density at radius 1 is 1.39 bits per heavy atom. The summed E-state index contributed by atoms with van der Waals surface area (Å²) in [5.74, 6) is -0.359. The molecule has 18 heavy (non-hydrogen) atoms. The Hall–Kier alpha value is -2.43. The monoisotopic (exact) mass is 243 g/mol. The fourth-order valence-electron chi connectivity index (χ4n) is 1.39. The van der Waals surface area contributed by atoms with Gasteiger partial charge in [-0.1, -0.05) is 35.0 Å². The number of hydrogen-bond donors (Lipinski definition) is 0. The lowest BCUT2D eigenvalue weighted by atomic mass is 10.2. The quantitative estimate of drug-likeness (QED) is 0.470. The van der Waals surface area contributed by atoms with Crippen molar-refractivity contribution in [3.63, 3.8) is 0 Å². The maximum Gasteiger partial charge on any atom is 0.400 e. The predicted octanol–water partition coefficient (Wildman–Crippen LogP) is 1.92. The molecule has 5 nitrogen and oxygen atoms in total. The van der Waals surface area contributed by atoms with Gasteiger partial charge in [-0.2, -0.15) is 0 Å². The SMILES string of the molecule is Cc1ccc(C=NOC(=O)c2nccn2C)cc1. The van der Waals surface area contributed by atoms with Crippen LogP contribution in [-0.4, -0.2) is 21.7 Å². The van der Waals surface area contributed by atoms with Crippen LogP contribution < -0.4 is 0 Å². The van der Waals surface area contributed by atoms with Crippen LogP contribution in [0.3, 0.4) is 0 Å². The molecular weight excluding hydrogens is 230 g/mol. The van der Waals surface area contributed by atoms with E-state index >= 15 is 0 Å². The van der Waals surface area contributed by atoms with Gasteiger partial charge in [0.25, 0.3) is 0 Å². The van der Waals surface area contributed by atoms with Gasteiger partial charge in [-0.15, -0.1) is 0 Å². The fraction of sp³-hybridized carbons (Fsp3) is 0.154. The third-order valence-corrected chi connectivity index (χ3v) is 2.42. The zero-order chi connectivity index (χ0) is 13.0. The first kappa shape index (κ1) is 12.0. The van der Waals surface area contributed by atoms with Crippen LogP contribution in [-0.2, 0) is 11.9 Å². The lowest BCUT2D eigenvalue weighted by molar-refractivity contribution is 0.0500. The molecule has 2 aromatic rings. The molecule has 0 aliphatic carbocycles. The van der Waals surface area contributed by atoms with E-state index in [1.807, 2.05) is 31.2 Å². The second-order valence-electron chi connectivity index (χ2n) is 3.89. The molecule has 0 atom stereocenters. The van der Waals surface area contributed by atoms with Crippen molar-refractivity contribution in [3.8, 4) is 0 Å². The van der Waals surface area contributed by atoms with Crippen molar-refractivity contribution >= 4 is 12.2 Å². The van der Waals surface area contributed by atoms with Crippen molar-refractivity contribution in [2.75, 3.05) is 0 Å². The van der Waals surface area contributed by atoms with Gasteiger partial charge in [-0.3, -0.25) is 0 Å². The molecule has 0 N–H and O–H groups in total. The molecule has 0 spiro atoms. The summed E-state index contributed by atoms with van der Waals surface area (Å²) in [5.41, 5.74) is 2.03.